The Labute approximate surface area is 105 Å². The van der Waals surface area contributed by atoms with Gasteiger partial charge in [0.25, 0.3) is 0 Å². The molecule has 0 aromatic carbocycles. The van der Waals surface area contributed by atoms with E-state index >= 15 is 0 Å². The first-order valence-electron chi connectivity index (χ1n) is 6.90. The van der Waals surface area contributed by atoms with Crippen molar-refractivity contribution in [2.24, 2.45) is 0 Å². The average molecular weight is 244 g/mol. The van der Waals surface area contributed by atoms with Crippen LogP contribution in [-0.4, -0.2) is 37.3 Å². The van der Waals surface area contributed by atoms with E-state index in [-0.39, 0.29) is 0 Å². The third-order valence-corrected chi connectivity index (χ3v) is 2.70. The van der Waals surface area contributed by atoms with Gasteiger partial charge < -0.3 is 15.7 Å². The minimum absolute atomic E-state index is 0.339. The summed E-state index contributed by atoms with van der Waals surface area (Å²) in [5, 5.41) is 14.8. The van der Waals surface area contributed by atoms with Gasteiger partial charge in [-0.25, -0.2) is 0 Å². The number of aliphatic carboxylic acids is 1. The Hall–Kier alpha value is -0.610. The van der Waals surface area contributed by atoms with Crippen molar-refractivity contribution in [3.8, 4) is 0 Å². The minimum atomic E-state index is -0.666. The van der Waals surface area contributed by atoms with E-state index in [1.807, 2.05) is 0 Å². The van der Waals surface area contributed by atoms with Crippen LogP contribution in [0.3, 0.4) is 0 Å². The van der Waals surface area contributed by atoms with E-state index in [1.165, 1.54) is 25.7 Å². The Morgan fingerprint density at radius 3 is 1.82 bits per heavy atom. The van der Waals surface area contributed by atoms with Gasteiger partial charge in [-0.15, -0.1) is 0 Å². The third kappa shape index (κ3) is 15.4. The van der Waals surface area contributed by atoms with Crippen molar-refractivity contribution in [2.45, 2.75) is 51.9 Å². The molecule has 0 bridgehead atoms. The van der Waals surface area contributed by atoms with Crippen LogP contribution in [0.5, 0.6) is 0 Å². The SMILES string of the molecule is C1CNCCN1.CCCCCCCCC(=O)O. The van der Waals surface area contributed by atoms with Gasteiger partial charge in [0.2, 0.25) is 0 Å². The molecule has 0 aromatic rings. The van der Waals surface area contributed by atoms with Crippen molar-refractivity contribution in [1.29, 1.82) is 0 Å². The number of carboxylic acids is 1. The fourth-order valence-electron chi connectivity index (χ4n) is 1.66. The first kappa shape index (κ1) is 16.4. The van der Waals surface area contributed by atoms with Gasteiger partial charge >= 0.3 is 5.97 Å². The van der Waals surface area contributed by atoms with Crippen LogP contribution in [0.1, 0.15) is 51.9 Å². The van der Waals surface area contributed by atoms with E-state index in [4.69, 9.17) is 5.11 Å². The number of hydrogen-bond acceptors (Lipinski definition) is 3. The van der Waals surface area contributed by atoms with Crippen LogP contribution < -0.4 is 10.6 Å². The Morgan fingerprint density at radius 1 is 0.941 bits per heavy atom. The van der Waals surface area contributed by atoms with Gasteiger partial charge in [0, 0.05) is 32.6 Å². The normalized spacial score (nSPS) is 14.9. The number of piperazine rings is 1. The zero-order valence-corrected chi connectivity index (χ0v) is 11.1. The molecule has 1 fully saturated rings. The molecule has 0 atom stereocenters. The van der Waals surface area contributed by atoms with Gasteiger partial charge in [0.1, 0.15) is 0 Å². The summed E-state index contributed by atoms with van der Waals surface area (Å²) >= 11 is 0. The van der Waals surface area contributed by atoms with Crippen molar-refractivity contribution >= 4 is 5.97 Å². The van der Waals surface area contributed by atoms with Crippen LogP contribution in [0.15, 0.2) is 0 Å². The summed E-state index contributed by atoms with van der Waals surface area (Å²) in [7, 11) is 0. The molecule has 1 aliphatic rings. The molecule has 1 heterocycles. The maximum Gasteiger partial charge on any atom is 0.303 e. The molecule has 4 heteroatoms. The van der Waals surface area contributed by atoms with Crippen LogP contribution in [-0.2, 0) is 4.79 Å². The molecular weight excluding hydrogens is 216 g/mol. The molecule has 3 N–H and O–H groups in total. The Bertz CT molecular complexity index is 159. The van der Waals surface area contributed by atoms with Gasteiger partial charge in [0.05, 0.1) is 0 Å². The summed E-state index contributed by atoms with van der Waals surface area (Å²) in [6.07, 6.45) is 7.25. The van der Waals surface area contributed by atoms with Crippen molar-refractivity contribution in [3.05, 3.63) is 0 Å². The quantitative estimate of drug-likeness (QED) is 0.599. The van der Waals surface area contributed by atoms with Gasteiger partial charge in [-0.3, -0.25) is 4.79 Å². The first-order chi connectivity index (χ1) is 8.27. The molecule has 0 spiro atoms. The summed E-state index contributed by atoms with van der Waals surface area (Å²) in [5.41, 5.74) is 0. The maximum absolute atomic E-state index is 10.1. The standard InChI is InChI=1S/C9H18O2.C4H10N2/c1-2-3-4-5-6-7-8-9(10)11;1-2-6-4-3-5-1/h2-8H2,1H3,(H,10,11);5-6H,1-4H2. The number of hydrogen-bond donors (Lipinski definition) is 3. The molecule has 0 amide bonds. The highest BCUT2D eigenvalue weighted by molar-refractivity contribution is 5.66. The smallest absolute Gasteiger partial charge is 0.303 e. The van der Waals surface area contributed by atoms with E-state index in [0.29, 0.717) is 6.42 Å². The van der Waals surface area contributed by atoms with Crippen molar-refractivity contribution in [1.82, 2.24) is 10.6 Å². The Kier molecular flexibility index (Phi) is 13.0. The van der Waals surface area contributed by atoms with E-state index in [0.717, 1.165) is 39.0 Å². The lowest BCUT2D eigenvalue weighted by Gasteiger charge is -2.11. The first-order valence-corrected chi connectivity index (χ1v) is 6.90. The Balaban J connectivity index is 0.000000354. The summed E-state index contributed by atoms with van der Waals surface area (Å²) in [6.45, 7) is 6.73. The monoisotopic (exact) mass is 244 g/mol. The number of carboxylic acid groups (broad SMARTS) is 1. The molecule has 0 radical (unpaired) electrons. The Morgan fingerprint density at radius 2 is 1.41 bits per heavy atom. The molecule has 0 saturated carbocycles. The van der Waals surface area contributed by atoms with Crippen molar-refractivity contribution < 1.29 is 9.90 Å². The van der Waals surface area contributed by atoms with Gasteiger partial charge in [0.15, 0.2) is 0 Å². The highest BCUT2D eigenvalue weighted by Crippen LogP contribution is 2.06. The fraction of sp³-hybridized carbons (Fsp3) is 0.923. The highest BCUT2D eigenvalue weighted by Gasteiger charge is 1.95. The van der Waals surface area contributed by atoms with E-state index < -0.39 is 5.97 Å². The second-order valence-electron chi connectivity index (χ2n) is 4.41. The zero-order chi connectivity index (χ0) is 12.8. The lowest BCUT2D eigenvalue weighted by Crippen LogP contribution is -2.39. The van der Waals surface area contributed by atoms with E-state index in [2.05, 4.69) is 17.6 Å². The molecule has 102 valence electrons. The summed E-state index contributed by atoms with van der Waals surface area (Å²) in [5.74, 6) is -0.666. The number of nitrogens with one attached hydrogen (secondary N) is 2. The molecule has 17 heavy (non-hydrogen) atoms. The molecule has 0 aromatic heterocycles. The molecule has 1 aliphatic heterocycles. The zero-order valence-electron chi connectivity index (χ0n) is 11.1. The topological polar surface area (TPSA) is 61.4 Å². The highest BCUT2D eigenvalue weighted by atomic mass is 16.4. The predicted octanol–water partition coefficient (Wildman–Crippen LogP) is 2.00. The van der Waals surface area contributed by atoms with E-state index in [1.54, 1.807) is 0 Å². The predicted molar refractivity (Wildman–Crippen MR) is 71.4 cm³/mol. The minimum Gasteiger partial charge on any atom is -0.481 e. The maximum atomic E-state index is 10.1. The van der Waals surface area contributed by atoms with Crippen molar-refractivity contribution in [3.63, 3.8) is 0 Å². The number of rotatable bonds is 7. The van der Waals surface area contributed by atoms with Gasteiger partial charge in [-0.2, -0.15) is 0 Å². The van der Waals surface area contributed by atoms with Crippen LogP contribution >= 0.6 is 0 Å². The van der Waals surface area contributed by atoms with Crippen molar-refractivity contribution in [2.75, 3.05) is 26.2 Å². The number of carbonyl (C=O) groups is 1. The summed E-state index contributed by atoms with van der Waals surface area (Å²) in [4.78, 5) is 10.1. The lowest BCUT2D eigenvalue weighted by molar-refractivity contribution is -0.137. The van der Waals surface area contributed by atoms with Gasteiger partial charge in [-0.05, 0) is 6.42 Å². The third-order valence-electron chi connectivity index (χ3n) is 2.70. The van der Waals surface area contributed by atoms with Crippen LogP contribution in [0.4, 0.5) is 0 Å². The lowest BCUT2D eigenvalue weighted by atomic mass is 10.1. The number of unbranched alkanes of at least 4 members (excludes halogenated alkanes) is 5. The molecule has 1 rings (SSSR count). The van der Waals surface area contributed by atoms with Gasteiger partial charge in [-0.1, -0.05) is 39.0 Å². The average Bonchev–Trinajstić information content (AvgIpc) is 2.36. The molecule has 4 nitrogen and oxygen atoms in total. The fourth-order valence-corrected chi connectivity index (χ4v) is 1.66. The second kappa shape index (κ2) is 13.5. The molecular formula is C13H28N2O2. The molecule has 0 aliphatic carbocycles. The molecule has 0 unspecified atom stereocenters. The van der Waals surface area contributed by atoms with Crippen LogP contribution in [0.2, 0.25) is 0 Å². The van der Waals surface area contributed by atoms with E-state index in [9.17, 15) is 4.79 Å². The largest absolute Gasteiger partial charge is 0.481 e. The second-order valence-corrected chi connectivity index (χ2v) is 4.41. The summed E-state index contributed by atoms with van der Waals surface area (Å²) in [6, 6.07) is 0. The van der Waals surface area contributed by atoms with Crippen LogP contribution in [0, 0.1) is 0 Å². The van der Waals surface area contributed by atoms with Crippen LogP contribution in [0.25, 0.3) is 0 Å². The molecule has 1 saturated heterocycles. The summed E-state index contributed by atoms with van der Waals surface area (Å²) < 4.78 is 0.